The van der Waals surface area contributed by atoms with Crippen molar-refractivity contribution in [3.05, 3.63) is 60.2 Å². The molecule has 0 spiro atoms. The summed E-state index contributed by atoms with van der Waals surface area (Å²) in [6.07, 6.45) is 5.15. The maximum absolute atomic E-state index is 12.7. The monoisotopic (exact) mass is 418 g/mol. The predicted molar refractivity (Wildman–Crippen MR) is 112 cm³/mol. The lowest BCUT2D eigenvalue weighted by molar-refractivity contribution is -0.111. The Hall–Kier alpha value is -2.13. The smallest absolute Gasteiger partial charge is 0.248 e. The van der Waals surface area contributed by atoms with Crippen molar-refractivity contribution in [3.8, 4) is 0 Å². The molecule has 1 N–H and O–H groups in total. The van der Waals surface area contributed by atoms with Gasteiger partial charge in [0.2, 0.25) is 15.9 Å². The van der Waals surface area contributed by atoms with Gasteiger partial charge in [-0.05, 0) is 48.2 Å². The Kier molecular flexibility index (Phi) is 6.90. The zero-order valence-corrected chi connectivity index (χ0v) is 17.1. The summed E-state index contributed by atoms with van der Waals surface area (Å²) in [7, 11) is -3.60. The van der Waals surface area contributed by atoms with Crippen LogP contribution >= 0.6 is 11.8 Å². The van der Waals surface area contributed by atoms with Crippen LogP contribution in [0.1, 0.15) is 5.56 Å². The van der Waals surface area contributed by atoms with E-state index in [4.69, 9.17) is 4.74 Å². The average Bonchev–Trinajstić information content (AvgIpc) is 2.73. The maximum Gasteiger partial charge on any atom is 0.248 e. The van der Waals surface area contributed by atoms with Crippen LogP contribution in [0.15, 0.2) is 64.4 Å². The van der Waals surface area contributed by atoms with Crippen molar-refractivity contribution in [2.45, 2.75) is 9.79 Å². The van der Waals surface area contributed by atoms with Gasteiger partial charge in [0, 0.05) is 29.7 Å². The number of morpholine rings is 1. The molecule has 148 valence electrons. The molecule has 0 atom stereocenters. The number of thioether (sulfide) groups is 1. The van der Waals surface area contributed by atoms with Gasteiger partial charge < -0.3 is 10.1 Å². The normalized spacial score (nSPS) is 15.6. The van der Waals surface area contributed by atoms with Crippen LogP contribution in [0, 0.1) is 0 Å². The molecule has 1 aliphatic rings. The predicted octanol–water partition coefficient (Wildman–Crippen LogP) is 3.08. The molecule has 0 aliphatic carbocycles. The zero-order chi connectivity index (χ0) is 20.0. The molecular formula is C20H22N2O4S2. The van der Waals surface area contributed by atoms with E-state index in [0.29, 0.717) is 32.0 Å². The number of sulfonamides is 1. The summed E-state index contributed by atoms with van der Waals surface area (Å²) >= 11 is 1.65. The minimum absolute atomic E-state index is 0.156. The number of carbonyl (C=O) groups is 1. The van der Waals surface area contributed by atoms with E-state index in [1.807, 2.05) is 30.5 Å². The molecule has 1 aliphatic heterocycles. The fourth-order valence-corrected chi connectivity index (χ4v) is 4.60. The Labute approximate surface area is 169 Å². The Balaban J connectivity index is 1.68. The van der Waals surface area contributed by atoms with E-state index in [9.17, 15) is 13.2 Å². The van der Waals surface area contributed by atoms with Gasteiger partial charge in [0.05, 0.1) is 18.1 Å². The summed E-state index contributed by atoms with van der Waals surface area (Å²) in [4.78, 5) is 13.5. The summed E-state index contributed by atoms with van der Waals surface area (Å²) < 4.78 is 32.1. The van der Waals surface area contributed by atoms with Crippen molar-refractivity contribution < 1.29 is 17.9 Å². The number of nitrogens with zero attached hydrogens (tertiary/aromatic N) is 1. The third kappa shape index (κ3) is 5.23. The second-order valence-corrected chi connectivity index (χ2v) is 8.96. The van der Waals surface area contributed by atoms with Crippen molar-refractivity contribution in [3.63, 3.8) is 0 Å². The molecule has 3 rings (SSSR count). The first kappa shape index (κ1) is 20.6. The Morgan fingerprint density at radius 3 is 2.54 bits per heavy atom. The van der Waals surface area contributed by atoms with Crippen LogP contribution in [0.5, 0.6) is 0 Å². The van der Waals surface area contributed by atoms with Gasteiger partial charge in [0.15, 0.2) is 0 Å². The third-order valence-electron chi connectivity index (χ3n) is 4.25. The number of hydrogen-bond acceptors (Lipinski definition) is 5. The van der Waals surface area contributed by atoms with E-state index in [1.165, 1.54) is 22.5 Å². The van der Waals surface area contributed by atoms with Crippen molar-refractivity contribution in [1.29, 1.82) is 0 Å². The van der Waals surface area contributed by atoms with Crippen LogP contribution in [-0.4, -0.2) is 51.2 Å². The summed E-state index contributed by atoms with van der Waals surface area (Å²) in [5, 5.41) is 2.71. The van der Waals surface area contributed by atoms with E-state index in [0.717, 1.165) is 10.5 Å². The molecule has 1 saturated heterocycles. The minimum atomic E-state index is -3.60. The van der Waals surface area contributed by atoms with Crippen molar-refractivity contribution >= 4 is 39.5 Å². The Morgan fingerprint density at radius 1 is 1.14 bits per heavy atom. The molecule has 0 bridgehead atoms. The molecule has 0 aromatic heterocycles. The highest BCUT2D eigenvalue weighted by molar-refractivity contribution is 7.98. The summed E-state index contributed by atoms with van der Waals surface area (Å²) in [6.45, 7) is 1.44. The van der Waals surface area contributed by atoms with Crippen molar-refractivity contribution in [1.82, 2.24) is 4.31 Å². The second-order valence-electron chi connectivity index (χ2n) is 6.14. The van der Waals surface area contributed by atoms with Gasteiger partial charge in [0.1, 0.15) is 0 Å². The van der Waals surface area contributed by atoms with Crippen LogP contribution in [-0.2, 0) is 19.6 Å². The van der Waals surface area contributed by atoms with Crippen molar-refractivity contribution in [2.75, 3.05) is 37.9 Å². The number of carbonyl (C=O) groups excluding carboxylic acids is 1. The lowest BCUT2D eigenvalue weighted by Gasteiger charge is -2.26. The number of anilines is 1. The van der Waals surface area contributed by atoms with Gasteiger partial charge in [-0.1, -0.05) is 18.2 Å². The average molecular weight is 419 g/mol. The lowest BCUT2D eigenvalue weighted by Crippen LogP contribution is -2.40. The van der Waals surface area contributed by atoms with Gasteiger partial charge in [-0.15, -0.1) is 11.8 Å². The van der Waals surface area contributed by atoms with Crippen LogP contribution in [0.2, 0.25) is 0 Å². The van der Waals surface area contributed by atoms with Gasteiger partial charge in [-0.2, -0.15) is 4.31 Å². The highest BCUT2D eigenvalue weighted by Gasteiger charge is 2.26. The van der Waals surface area contributed by atoms with E-state index in [-0.39, 0.29) is 10.8 Å². The summed E-state index contributed by atoms with van der Waals surface area (Å²) in [5.41, 5.74) is 1.35. The summed E-state index contributed by atoms with van der Waals surface area (Å²) in [5.74, 6) is -0.324. The molecule has 28 heavy (non-hydrogen) atoms. The van der Waals surface area contributed by atoms with E-state index >= 15 is 0 Å². The van der Waals surface area contributed by atoms with Crippen molar-refractivity contribution in [2.24, 2.45) is 0 Å². The minimum Gasteiger partial charge on any atom is -0.379 e. The highest BCUT2D eigenvalue weighted by Crippen LogP contribution is 2.21. The maximum atomic E-state index is 12.7. The van der Waals surface area contributed by atoms with Gasteiger partial charge in [-0.3, -0.25) is 4.79 Å². The second kappa shape index (κ2) is 9.38. The number of hydrogen-bond donors (Lipinski definition) is 1. The van der Waals surface area contributed by atoms with Crippen LogP contribution in [0.3, 0.4) is 0 Å². The fourth-order valence-electron chi connectivity index (χ4n) is 2.74. The van der Waals surface area contributed by atoms with Crippen LogP contribution in [0.4, 0.5) is 5.69 Å². The number of nitrogens with one attached hydrogen (secondary N) is 1. The molecular weight excluding hydrogens is 396 g/mol. The Bertz CT molecular complexity index is 950. The third-order valence-corrected chi connectivity index (χ3v) is 6.89. The highest BCUT2D eigenvalue weighted by atomic mass is 32.2. The molecule has 8 heteroatoms. The van der Waals surface area contributed by atoms with E-state index in [1.54, 1.807) is 30.0 Å². The van der Waals surface area contributed by atoms with E-state index < -0.39 is 10.0 Å². The number of amides is 1. The zero-order valence-electron chi connectivity index (χ0n) is 15.5. The molecule has 6 nitrogen and oxygen atoms in total. The molecule has 0 radical (unpaired) electrons. The number of rotatable bonds is 6. The SMILES string of the molecule is CSc1ccc(/C=C/C(=O)Nc2cccc(S(=O)(=O)N3CCOCC3)c2)cc1. The van der Waals surface area contributed by atoms with Gasteiger partial charge >= 0.3 is 0 Å². The molecule has 1 amide bonds. The number of ether oxygens (including phenoxy) is 1. The number of benzene rings is 2. The first-order valence-corrected chi connectivity index (χ1v) is 11.5. The molecule has 2 aromatic rings. The quantitative estimate of drug-likeness (QED) is 0.576. The topological polar surface area (TPSA) is 75.7 Å². The van der Waals surface area contributed by atoms with E-state index in [2.05, 4.69) is 5.32 Å². The molecule has 1 heterocycles. The fraction of sp³-hybridized carbons (Fsp3) is 0.250. The molecule has 0 saturated carbocycles. The van der Waals surface area contributed by atoms with Crippen LogP contribution in [0.25, 0.3) is 6.08 Å². The van der Waals surface area contributed by atoms with Crippen LogP contribution < -0.4 is 5.32 Å². The van der Waals surface area contributed by atoms with Gasteiger partial charge in [0.25, 0.3) is 0 Å². The molecule has 2 aromatic carbocycles. The Morgan fingerprint density at radius 2 is 1.86 bits per heavy atom. The lowest BCUT2D eigenvalue weighted by atomic mass is 10.2. The van der Waals surface area contributed by atoms with Gasteiger partial charge in [-0.25, -0.2) is 8.42 Å². The summed E-state index contributed by atoms with van der Waals surface area (Å²) in [6, 6.07) is 14.1. The first-order valence-electron chi connectivity index (χ1n) is 8.80. The first-order chi connectivity index (χ1) is 13.5. The molecule has 1 fully saturated rings. The largest absolute Gasteiger partial charge is 0.379 e. The standard InChI is InChI=1S/C20H22N2O4S2/c1-27-18-8-5-16(6-9-18)7-10-20(23)21-17-3-2-4-19(15-17)28(24,25)22-11-13-26-14-12-22/h2-10,15H,11-14H2,1H3,(H,21,23)/b10-7+. The molecule has 0 unspecified atom stereocenters.